The third kappa shape index (κ3) is 6.46. The van der Waals surface area contributed by atoms with Crippen molar-refractivity contribution in [2.45, 2.75) is 20.0 Å². The zero-order valence-electron chi connectivity index (χ0n) is 14.0. The number of hydrogen-bond acceptors (Lipinski definition) is 4. The summed E-state index contributed by atoms with van der Waals surface area (Å²) in [6.07, 6.45) is -0.744. The third-order valence-corrected chi connectivity index (χ3v) is 3.85. The van der Waals surface area contributed by atoms with Gasteiger partial charge in [-0.1, -0.05) is 33.6 Å². The molecular formula is C18H20BrN3O3. The van der Waals surface area contributed by atoms with Gasteiger partial charge in [0.2, 0.25) is 0 Å². The van der Waals surface area contributed by atoms with Gasteiger partial charge < -0.3 is 10.1 Å². The molecule has 2 rings (SSSR count). The van der Waals surface area contributed by atoms with E-state index in [2.05, 4.69) is 32.1 Å². The van der Waals surface area contributed by atoms with Gasteiger partial charge in [0.1, 0.15) is 5.75 Å². The summed E-state index contributed by atoms with van der Waals surface area (Å²) in [6, 6.07) is 14.8. The molecule has 7 heteroatoms. The molecule has 2 amide bonds. The molecule has 0 aliphatic rings. The summed E-state index contributed by atoms with van der Waals surface area (Å²) < 4.78 is 6.43. The maximum absolute atomic E-state index is 11.9. The molecular weight excluding hydrogens is 386 g/mol. The first-order valence-corrected chi connectivity index (χ1v) is 8.55. The van der Waals surface area contributed by atoms with E-state index in [1.54, 1.807) is 19.1 Å². The van der Waals surface area contributed by atoms with Crippen LogP contribution < -0.4 is 20.9 Å². The summed E-state index contributed by atoms with van der Waals surface area (Å²) in [4.78, 5) is 23.7. The molecule has 0 heterocycles. The molecule has 1 unspecified atom stereocenters. The van der Waals surface area contributed by atoms with E-state index < -0.39 is 12.0 Å². The highest BCUT2D eigenvalue weighted by Crippen LogP contribution is 2.17. The average Bonchev–Trinajstić information content (AvgIpc) is 2.61. The number of amides is 2. The topological polar surface area (TPSA) is 79.5 Å². The average molecular weight is 406 g/mol. The summed E-state index contributed by atoms with van der Waals surface area (Å²) in [5, 5.41) is 2.97. The van der Waals surface area contributed by atoms with Crippen molar-refractivity contribution in [2.75, 3.05) is 11.9 Å². The smallest absolute Gasteiger partial charge is 0.279 e. The molecule has 0 saturated heterocycles. The number of ether oxygens (including phenoxy) is 1. The van der Waals surface area contributed by atoms with E-state index in [4.69, 9.17) is 4.74 Å². The number of hydrogen-bond donors (Lipinski definition) is 3. The van der Waals surface area contributed by atoms with E-state index in [0.29, 0.717) is 5.75 Å². The van der Waals surface area contributed by atoms with Crippen molar-refractivity contribution in [3.63, 3.8) is 0 Å². The normalized spacial score (nSPS) is 11.3. The van der Waals surface area contributed by atoms with Crippen molar-refractivity contribution in [1.82, 2.24) is 10.9 Å². The number of benzene rings is 2. The zero-order valence-corrected chi connectivity index (χ0v) is 15.6. The number of rotatable bonds is 6. The van der Waals surface area contributed by atoms with Crippen molar-refractivity contribution in [1.29, 1.82) is 0 Å². The van der Waals surface area contributed by atoms with E-state index in [-0.39, 0.29) is 12.5 Å². The van der Waals surface area contributed by atoms with Crippen LogP contribution in [0, 0.1) is 6.92 Å². The largest absolute Gasteiger partial charge is 0.481 e. The molecule has 0 bridgehead atoms. The molecule has 3 N–H and O–H groups in total. The van der Waals surface area contributed by atoms with Crippen LogP contribution in [0.4, 0.5) is 5.69 Å². The summed E-state index contributed by atoms with van der Waals surface area (Å²) in [7, 11) is 0. The Bertz CT molecular complexity index is 717. The van der Waals surface area contributed by atoms with Crippen molar-refractivity contribution in [3.05, 3.63) is 58.6 Å². The highest BCUT2D eigenvalue weighted by atomic mass is 79.9. The number of nitrogens with one attached hydrogen (secondary N) is 3. The van der Waals surface area contributed by atoms with Gasteiger partial charge in [0.15, 0.2) is 6.10 Å². The lowest BCUT2D eigenvalue weighted by molar-refractivity contribution is -0.132. The fraction of sp³-hybridized carbons (Fsp3) is 0.222. The summed E-state index contributed by atoms with van der Waals surface area (Å²) in [6.45, 7) is 3.64. The number of carbonyl (C=O) groups is 2. The van der Waals surface area contributed by atoms with Gasteiger partial charge in [0.05, 0.1) is 6.54 Å². The molecule has 0 aromatic heterocycles. The minimum atomic E-state index is -0.744. The predicted octanol–water partition coefficient (Wildman–Crippen LogP) is 2.78. The summed E-state index contributed by atoms with van der Waals surface area (Å²) in [5.41, 5.74) is 6.67. The first kappa shape index (κ1) is 18.8. The minimum Gasteiger partial charge on any atom is -0.481 e. The summed E-state index contributed by atoms with van der Waals surface area (Å²) in [5.74, 6) is -0.227. The van der Waals surface area contributed by atoms with Crippen molar-refractivity contribution >= 4 is 33.4 Å². The fourth-order valence-corrected chi connectivity index (χ4v) is 2.17. The van der Waals surface area contributed by atoms with Gasteiger partial charge in [-0.3, -0.25) is 20.4 Å². The van der Waals surface area contributed by atoms with Crippen molar-refractivity contribution in [3.8, 4) is 5.75 Å². The molecule has 132 valence electrons. The lowest BCUT2D eigenvalue weighted by atomic mass is 10.2. The lowest BCUT2D eigenvalue weighted by Gasteiger charge is -2.15. The van der Waals surface area contributed by atoms with Crippen LogP contribution >= 0.6 is 15.9 Å². The maximum Gasteiger partial charge on any atom is 0.279 e. The second-order valence-electron chi connectivity index (χ2n) is 5.47. The van der Waals surface area contributed by atoms with Crippen LogP contribution in [0.15, 0.2) is 53.0 Å². The van der Waals surface area contributed by atoms with Gasteiger partial charge in [-0.05, 0) is 50.2 Å². The third-order valence-electron chi connectivity index (χ3n) is 3.33. The number of anilines is 1. The highest BCUT2D eigenvalue weighted by molar-refractivity contribution is 9.10. The number of halogens is 1. The van der Waals surface area contributed by atoms with Gasteiger partial charge in [-0.2, -0.15) is 0 Å². The molecule has 25 heavy (non-hydrogen) atoms. The van der Waals surface area contributed by atoms with Gasteiger partial charge in [0.25, 0.3) is 11.8 Å². The van der Waals surface area contributed by atoms with Crippen LogP contribution in [-0.2, 0) is 9.59 Å². The molecule has 2 aromatic rings. The van der Waals surface area contributed by atoms with Crippen LogP contribution in [0.3, 0.4) is 0 Å². The van der Waals surface area contributed by atoms with Gasteiger partial charge in [0, 0.05) is 10.2 Å². The molecule has 0 aliphatic carbocycles. The standard InChI is InChI=1S/C18H20BrN3O3/c1-12-3-7-15(8-4-12)20-11-17(23)21-22-18(24)13(2)25-16-9-5-14(19)6-10-16/h3-10,13,20H,11H2,1-2H3,(H,21,23)(H,22,24). The van der Waals surface area contributed by atoms with Gasteiger partial charge in [-0.25, -0.2) is 0 Å². The predicted molar refractivity (Wildman–Crippen MR) is 100 cm³/mol. The Balaban J connectivity index is 1.71. The molecule has 0 saturated carbocycles. The molecule has 0 fully saturated rings. The zero-order chi connectivity index (χ0) is 18.2. The van der Waals surface area contributed by atoms with E-state index in [0.717, 1.165) is 15.7 Å². The molecule has 0 aliphatic heterocycles. The first-order chi connectivity index (χ1) is 11.9. The first-order valence-electron chi connectivity index (χ1n) is 7.75. The van der Waals surface area contributed by atoms with E-state index in [1.807, 2.05) is 43.3 Å². The Morgan fingerprint density at radius 1 is 1.04 bits per heavy atom. The lowest BCUT2D eigenvalue weighted by Crippen LogP contribution is -2.48. The van der Waals surface area contributed by atoms with Crippen molar-refractivity contribution in [2.24, 2.45) is 0 Å². The van der Waals surface area contributed by atoms with Gasteiger partial charge >= 0.3 is 0 Å². The second kappa shape index (κ2) is 9.08. The minimum absolute atomic E-state index is 0.0469. The van der Waals surface area contributed by atoms with Crippen LogP contribution in [0.1, 0.15) is 12.5 Å². The van der Waals surface area contributed by atoms with Gasteiger partial charge in [-0.15, -0.1) is 0 Å². The Kier molecular flexibility index (Phi) is 6.82. The molecule has 1 atom stereocenters. The van der Waals surface area contributed by atoms with Crippen molar-refractivity contribution < 1.29 is 14.3 Å². The highest BCUT2D eigenvalue weighted by Gasteiger charge is 2.15. The van der Waals surface area contributed by atoms with E-state index in [9.17, 15) is 9.59 Å². The van der Waals surface area contributed by atoms with Crippen LogP contribution in [0.5, 0.6) is 5.75 Å². The molecule has 0 spiro atoms. The molecule has 6 nitrogen and oxygen atoms in total. The molecule has 0 radical (unpaired) electrons. The second-order valence-corrected chi connectivity index (χ2v) is 6.39. The SMILES string of the molecule is Cc1ccc(NCC(=O)NNC(=O)C(C)Oc2ccc(Br)cc2)cc1. The monoisotopic (exact) mass is 405 g/mol. The number of hydrazine groups is 1. The Morgan fingerprint density at radius 2 is 1.68 bits per heavy atom. The van der Waals surface area contributed by atoms with E-state index >= 15 is 0 Å². The Hall–Kier alpha value is -2.54. The van der Waals surface area contributed by atoms with Crippen LogP contribution in [-0.4, -0.2) is 24.5 Å². The van der Waals surface area contributed by atoms with Crippen LogP contribution in [0.2, 0.25) is 0 Å². The quantitative estimate of drug-likeness (QED) is 0.645. The summed E-state index contributed by atoms with van der Waals surface area (Å²) >= 11 is 3.33. The Morgan fingerprint density at radius 3 is 2.32 bits per heavy atom. The Labute approximate surface area is 155 Å². The van der Waals surface area contributed by atoms with E-state index in [1.165, 1.54) is 0 Å². The molecule has 2 aromatic carbocycles. The maximum atomic E-state index is 11.9. The van der Waals surface area contributed by atoms with Crippen LogP contribution in [0.25, 0.3) is 0 Å². The fourth-order valence-electron chi connectivity index (χ4n) is 1.90. The number of aryl methyl sites for hydroxylation is 1. The number of carbonyl (C=O) groups excluding carboxylic acids is 2.